The standard InChI is InChI=1S/C39H34N4Si/c1-5-30(32-22-13-15-26-40-32)42-31(6-2)38-36(28-18-9-7-10-19-28)37(29-20-11-8-12-21-29)39(44(38,3)4)35-25-17-24-34(43-35)33-23-14-16-27-41-33/h5-27H,1H2,2-4H3/b31-6-,42-30?. The van der Waals surface area contributed by atoms with Crippen molar-refractivity contribution in [2.75, 3.05) is 0 Å². The number of hydrogen-bond acceptors (Lipinski definition) is 4. The molecule has 44 heavy (non-hydrogen) atoms. The van der Waals surface area contributed by atoms with E-state index in [2.05, 4.69) is 115 Å². The van der Waals surface area contributed by atoms with Gasteiger partial charge in [-0.1, -0.05) is 105 Å². The topological polar surface area (TPSA) is 51.0 Å². The molecule has 2 aromatic carbocycles. The van der Waals surface area contributed by atoms with Gasteiger partial charge in [-0.3, -0.25) is 9.97 Å². The van der Waals surface area contributed by atoms with Crippen molar-refractivity contribution in [1.82, 2.24) is 15.0 Å². The second-order valence-corrected chi connectivity index (χ2v) is 15.3. The fourth-order valence-corrected chi connectivity index (χ4v) is 9.69. The molecule has 0 bridgehead atoms. The number of aliphatic imine (C=N–C) groups is 1. The van der Waals surface area contributed by atoms with E-state index in [1.54, 1.807) is 12.3 Å². The van der Waals surface area contributed by atoms with Gasteiger partial charge in [-0.25, -0.2) is 9.98 Å². The second kappa shape index (κ2) is 12.5. The van der Waals surface area contributed by atoms with Gasteiger partial charge in [0.05, 0.1) is 34.2 Å². The molecule has 0 spiro atoms. The third-order valence-electron chi connectivity index (χ3n) is 7.95. The molecule has 4 heterocycles. The quantitative estimate of drug-likeness (QED) is 0.134. The lowest BCUT2D eigenvalue weighted by Crippen LogP contribution is -2.31. The molecular formula is C39H34N4Si. The zero-order valence-corrected chi connectivity index (χ0v) is 26.3. The molecule has 6 rings (SSSR count). The van der Waals surface area contributed by atoms with Crippen molar-refractivity contribution in [3.8, 4) is 11.4 Å². The van der Waals surface area contributed by atoms with Crippen LogP contribution in [0.5, 0.6) is 0 Å². The van der Waals surface area contributed by atoms with Gasteiger partial charge in [0.25, 0.3) is 0 Å². The average molecular weight is 587 g/mol. The zero-order valence-electron chi connectivity index (χ0n) is 25.3. The monoisotopic (exact) mass is 586 g/mol. The van der Waals surface area contributed by atoms with Crippen LogP contribution in [0.2, 0.25) is 13.1 Å². The van der Waals surface area contributed by atoms with Gasteiger partial charge in [-0.2, -0.15) is 0 Å². The lowest BCUT2D eigenvalue weighted by atomic mass is 9.90. The Bertz CT molecular complexity index is 1920. The molecule has 1 aliphatic rings. The van der Waals surface area contributed by atoms with Gasteiger partial charge in [0.2, 0.25) is 0 Å². The van der Waals surface area contributed by atoms with E-state index in [0.29, 0.717) is 0 Å². The Morgan fingerprint density at radius 1 is 0.659 bits per heavy atom. The van der Waals surface area contributed by atoms with Crippen LogP contribution < -0.4 is 0 Å². The molecule has 0 saturated carbocycles. The molecule has 5 heteroatoms. The molecule has 1 aliphatic heterocycles. The Kier molecular flexibility index (Phi) is 8.22. The fourth-order valence-electron chi connectivity index (χ4n) is 6.03. The smallest absolute Gasteiger partial charge is 0.119 e. The van der Waals surface area contributed by atoms with Crippen LogP contribution in [0, 0.1) is 0 Å². The first-order chi connectivity index (χ1) is 21.5. The summed E-state index contributed by atoms with van der Waals surface area (Å²) in [6, 6.07) is 39.5. The van der Waals surface area contributed by atoms with Crippen molar-refractivity contribution in [2.45, 2.75) is 20.0 Å². The van der Waals surface area contributed by atoms with Crippen LogP contribution in [0.25, 0.3) is 27.7 Å². The van der Waals surface area contributed by atoms with Crippen molar-refractivity contribution in [2.24, 2.45) is 4.99 Å². The van der Waals surface area contributed by atoms with Crippen molar-refractivity contribution in [1.29, 1.82) is 0 Å². The molecule has 0 aliphatic carbocycles. The largest absolute Gasteiger partial charge is 0.255 e. The maximum absolute atomic E-state index is 5.28. The number of rotatable bonds is 8. The maximum atomic E-state index is 5.28. The lowest BCUT2D eigenvalue weighted by molar-refractivity contribution is 1.23. The van der Waals surface area contributed by atoms with Crippen molar-refractivity contribution in [3.05, 3.63) is 180 Å². The molecule has 214 valence electrons. The minimum Gasteiger partial charge on any atom is -0.255 e. The molecule has 3 aromatic heterocycles. The Hall–Kier alpha value is -5.26. The van der Waals surface area contributed by atoms with Crippen LogP contribution in [0.4, 0.5) is 0 Å². The van der Waals surface area contributed by atoms with Gasteiger partial charge < -0.3 is 0 Å². The van der Waals surface area contributed by atoms with E-state index >= 15 is 0 Å². The van der Waals surface area contributed by atoms with Crippen LogP contribution in [-0.2, 0) is 0 Å². The summed E-state index contributed by atoms with van der Waals surface area (Å²) >= 11 is 0. The van der Waals surface area contributed by atoms with Crippen molar-refractivity contribution in [3.63, 3.8) is 0 Å². The van der Waals surface area contributed by atoms with Crippen molar-refractivity contribution >= 4 is 30.1 Å². The summed E-state index contributed by atoms with van der Waals surface area (Å²) in [5, 5.41) is 2.54. The normalized spacial score (nSPS) is 15.1. The molecule has 5 aromatic rings. The summed E-state index contributed by atoms with van der Waals surface area (Å²) in [6.45, 7) is 11.0. The lowest BCUT2D eigenvalue weighted by Gasteiger charge is -2.26. The first-order valence-electron chi connectivity index (χ1n) is 14.8. The first kappa shape index (κ1) is 28.8. The highest BCUT2D eigenvalue weighted by atomic mass is 28.3. The average Bonchev–Trinajstić information content (AvgIpc) is 3.34. The number of nitrogens with zero attached hydrogens (tertiary/aromatic N) is 4. The van der Waals surface area contributed by atoms with Gasteiger partial charge in [0.15, 0.2) is 0 Å². The van der Waals surface area contributed by atoms with E-state index in [4.69, 9.17) is 9.98 Å². The number of benzene rings is 2. The van der Waals surface area contributed by atoms with Gasteiger partial charge in [0, 0.05) is 12.4 Å². The van der Waals surface area contributed by atoms with Gasteiger partial charge >= 0.3 is 0 Å². The molecule has 0 fully saturated rings. The van der Waals surface area contributed by atoms with Gasteiger partial charge in [-0.05, 0) is 82.1 Å². The molecular weight excluding hydrogens is 553 g/mol. The number of pyridine rings is 3. The summed E-state index contributed by atoms with van der Waals surface area (Å²) in [5.41, 5.74) is 9.89. The van der Waals surface area contributed by atoms with Gasteiger partial charge in [0.1, 0.15) is 8.07 Å². The Morgan fingerprint density at radius 3 is 1.84 bits per heavy atom. The third kappa shape index (κ3) is 5.46. The highest BCUT2D eigenvalue weighted by molar-refractivity contribution is 7.05. The Morgan fingerprint density at radius 2 is 1.25 bits per heavy atom. The van der Waals surface area contributed by atoms with E-state index in [0.717, 1.165) is 45.3 Å². The highest BCUT2D eigenvalue weighted by Crippen LogP contribution is 2.54. The van der Waals surface area contributed by atoms with Crippen molar-refractivity contribution < 1.29 is 0 Å². The zero-order chi connectivity index (χ0) is 30.5. The Labute approximate surface area is 260 Å². The summed E-state index contributed by atoms with van der Waals surface area (Å²) < 4.78 is 0. The van der Waals surface area contributed by atoms with E-state index in [-0.39, 0.29) is 0 Å². The number of aromatic nitrogens is 3. The van der Waals surface area contributed by atoms with Gasteiger partial charge in [-0.15, -0.1) is 0 Å². The molecule has 0 saturated heterocycles. The maximum Gasteiger partial charge on any atom is 0.119 e. The molecule has 0 radical (unpaired) electrons. The predicted octanol–water partition coefficient (Wildman–Crippen LogP) is 9.28. The molecule has 0 unspecified atom stereocenters. The Balaban J connectivity index is 1.66. The highest BCUT2D eigenvalue weighted by Gasteiger charge is 2.45. The third-order valence-corrected chi connectivity index (χ3v) is 11.5. The van der Waals surface area contributed by atoms with E-state index < -0.39 is 8.07 Å². The predicted molar refractivity (Wildman–Crippen MR) is 186 cm³/mol. The summed E-state index contributed by atoms with van der Waals surface area (Å²) in [6.07, 6.45) is 7.53. The number of allylic oxidation sites excluding steroid dienone is 5. The van der Waals surface area contributed by atoms with E-state index in [1.807, 2.05) is 48.7 Å². The van der Waals surface area contributed by atoms with Crippen LogP contribution in [-0.4, -0.2) is 28.7 Å². The van der Waals surface area contributed by atoms with E-state index in [1.165, 1.54) is 21.5 Å². The minimum absolute atomic E-state index is 0.744. The van der Waals surface area contributed by atoms with Crippen LogP contribution in [0.1, 0.15) is 29.4 Å². The van der Waals surface area contributed by atoms with Crippen LogP contribution in [0.3, 0.4) is 0 Å². The molecule has 0 amide bonds. The van der Waals surface area contributed by atoms with Crippen LogP contribution in [0.15, 0.2) is 162 Å². The summed E-state index contributed by atoms with van der Waals surface area (Å²) in [7, 11) is -2.47. The molecule has 0 atom stereocenters. The fraction of sp³-hybridized carbons (Fsp3) is 0.0769. The van der Waals surface area contributed by atoms with Crippen LogP contribution >= 0.6 is 0 Å². The number of hydrogen-bond donors (Lipinski definition) is 0. The second-order valence-electron chi connectivity index (χ2n) is 11.1. The molecule has 0 N–H and O–H groups in total. The summed E-state index contributed by atoms with van der Waals surface area (Å²) in [4.78, 5) is 19.7. The summed E-state index contributed by atoms with van der Waals surface area (Å²) in [5.74, 6) is 0. The molecule has 4 nitrogen and oxygen atoms in total. The van der Waals surface area contributed by atoms with E-state index in [9.17, 15) is 0 Å². The first-order valence-corrected chi connectivity index (χ1v) is 17.8. The SMILES string of the molecule is C=CC(=N/C(=C\C)C1=C(c2ccccc2)C(c2ccccc2)=C(c2cccc(-c3ccccn3)n2)[Si]1(C)C)c1ccccn1. The minimum atomic E-state index is -2.47.